The van der Waals surface area contributed by atoms with Crippen molar-refractivity contribution >= 4 is 15.9 Å². The third-order valence-electron chi connectivity index (χ3n) is 5.26. The van der Waals surface area contributed by atoms with Gasteiger partial charge in [0, 0.05) is 25.7 Å². The number of ether oxygens (including phenoxy) is 1. The molecule has 162 valence electrons. The molecular weight excluding hydrogens is 407 g/mol. The summed E-state index contributed by atoms with van der Waals surface area (Å²) in [6.45, 7) is 3.14. The Morgan fingerprint density at radius 2 is 1.83 bits per heavy atom. The van der Waals surface area contributed by atoms with Gasteiger partial charge in [-0.3, -0.25) is 4.79 Å². The molecule has 2 aromatic carbocycles. The number of carbonyl (C=O) groups is 1. The lowest BCUT2D eigenvalue weighted by Gasteiger charge is -2.26. The third-order valence-corrected chi connectivity index (χ3v) is 7.15. The maximum atomic E-state index is 13.6. The van der Waals surface area contributed by atoms with Crippen molar-refractivity contribution in [2.75, 3.05) is 33.3 Å². The summed E-state index contributed by atoms with van der Waals surface area (Å²) in [5.41, 5.74) is 1.03. The number of rotatable bonds is 7. The van der Waals surface area contributed by atoms with E-state index in [-0.39, 0.29) is 29.7 Å². The first-order chi connectivity index (χ1) is 14.3. The number of carbonyl (C=O) groups excluding carboxylic acids is 1. The van der Waals surface area contributed by atoms with Gasteiger partial charge < -0.3 is 9.64 Å². The summed E-state index contributed by atoms with van der Waals surface area (Å²) in [5.74, 6) is -0.637. The second-order valence-corrected chi connectivity index (χ2v) is 9.38. The molecule has 3 rings (SSSR count). The Bertz CT molecular complexity index is 1000. The second kappa shape index (κ2) is 9.57. The predicted molar refractivity (Wildman–Crippen MR) is 113 cm³/mol. The van der Waals surface area contributed by atoms with E-state index in [4.69, 9.17) is 4.74 Å². The summed E-state index contributed by atoms with van der Waals surface area (Å²) in [7, 11) is -2.01. The Kier molecular flexibility index (Phi) is 7.10. The zero-order chi connectivity index (χ0) is 21.7. The molecule has 0 unspecified atom stereocenters. The van der Waals surface area contributed by atoms with Gasteiger partial charge in [0.2, 0.25) is 10.0 Å². The van der Waals surface area contributed by atoms with Gasteiger partial charge >= 0.3 is 0 Å². The molecular formula is C22H27FN2O4S. The maximum absolute atomic E-state index is 13.6. The van der Waals surface area contributed by atoms with Gasteiger partial charge in [0.25, 0.3) is 5.91 Å². The normalized spacial score (nSPS) is 15.0. The Balaban J connectivity index is 1.70. The first-order valence-electron chi connectivity index (χ1n) is 10.0. The standard InChI is InChI=1S/C22H27FN2O4S/c1-17-10-11-18(30(27,28)25-12-6-3-7-13-25)16-19(17)22(26)24(2)14-15-29-21-9-5-4-8-20(21)23/h4-5,8-11,16H,3,6-7,12-15H2,1-2H3. The van der Waals surface area contributed by atoms with Gasteiger partial charge in [0.15, 0.2) is 11.6 Å². The van der Waals surface area contributed by atoms with Crippen molar-refractivity contribution in [3.05, 3.63) is 59.4 Å². The molecule has 1 heterocycles. The van der Waals surface area contributed by atoms with E-state index in [0.29, 0.717) is 24.2 Å². The molecule has 0 atom stereocenters. The van der Waals surface area contributed by atoms with Crippen molar-refractivity contribution in [2.24, 2.45) is 0 Å². The molecule has 0 aromatic heterocycles. The molecule has 0 bridgehead atoms. The van der Waals surface area contributed by atoms with E-state index in [1.54, 1.807) is 38.2 Å². The lowest BCUT2D eigenvalue weighted by molar-refractivity contribution is 0.0772. The molecule has 1 fully saturated rings. The van der Waals surface area contributed by atoms with Crippen molar-refractivity contribution in [2.45, 2.75) is 31.1 Å². The number of likely N-dealkylation sites (N-methyl/N-ethyl adjacent to an activating group) is 1. The van der Waals surface area contributed by atoms with E-state index >= 15 is 0 Å². The van der Waals surface area contributed by atoms with E-state index in [2.05, 4.69) is 0 Å². The van der Waals surface area contributed by atoms with Crippen LogP contribution in [0.5, 0.6) is 5.75 Å². The molecule has 8 heteroatoms. The minimum absolute atomic E-state index is 0.119. The van der Waals surface area contributed by atoms with Crippen LogP contribution in [0.15, 0.2) is 47.4 Å². The van der Waals surface area contributed by atoms with Gasteiger partial charge in [-0.1, -0.05) is 24.6 Å². The van der Waals surface area contributed by atoms with Gasteiger partial charge in [-0.15, -0.1) is 0 Å². The highest BCUT2D eigenvalue weighted by molar-refractivity contribution is 7.89. The van der Waals surface area contributed by atoms with Crippen LogP contribution in [0.2, 0.25) is 0 Å². The molecule has 2 aromatic rings. The van der Waals surface area contributed by atoms with E-state index in [9.17, 15) is 17.6 Å². The molecule has 1 aliphatic heterocycles. The molecule has 0 N–H and O–H groups in total. The fraction of sp³-hybridized carbons (Fsp3) is 0.409. The number of sulfonamides is 1. The number of amides is 1. The average Bonchev–Trinajstić information content (AvgIpc) is 2.75. The lowest BCUT2D eigenvalue weighted by Crippen LogP contribution is -2.36. The molecule has 1 aliphatic rings. The molecule has 30 heavy (non-hydrogen) atoms. The highest BCUT2D eigenvalue weighted by Gasteiger charge is 2.27. The van der Waals surface area contributed by atoms with Crippen LogP contribution < -0.4 is 4.74 Å². The molecule has 0 aliphatic carbocycles. The number of piperidine rings is 1. The smallest absolute Gasteiger partial charge is 0.254 e. The van der Waals surface area contributed by atoms with Crippen molar-refractivity contribution in [1.82, 2.24) is 9.21 Å². The van der Waals surface area contributed by atoms with Crippen LogP contribution in [0.1, 0.15) is 35.2 Å². The van der Waals surface area contributed by atoms with Crippen LogP contribution in [0.4, 0.5) is 4.39 Å². The number of halogens is 1. The van der Waals surface area contributed by atoms with Crippen LogP contribution in [0.25, 0.3) is 0 Å². The van der Waals surface area contributed by atoms with E-state index < -0.39 is 15.8 Å². The Hall–Kier alpha value is -2.45. The van der Waals surface area contributed by atoms with Crippen molar-refractivity contribution in [3.8, 4) is 5.75 Å². The SMILES string of the molecule is Cc1ccc(S(=O)(=O)N2CCCCC2)cc1C(=O)N(C)CCOc1ccccc1F. The summed E-state index contributed by atoms with van der Waals surface area (Å²) < 4.78 is 46.4. The molecule has 1 saturated heterocycles. The topological polar surface area (TPSA) is 66.9 Å². The number of aryl methyl sites for hydroxylation is 1. The lowest BCUT2D eigenvalue weighted by atomic mass is 10.1. The molecule has 6 nitrogen and oxygen atoms in total. The third kappa shape index (κ3) is 4.99. The molecule has 0 saturated carbocycles. The minimum atomic E-state index is -3.62. The fourth-order valence-corrected chi connectivity index (χ4v) is 4.95. The number of benzene rings is 2. The number of hydrogen-bond donors (Lipinski definition) is 0. The van der Waals surface area contributed by atoms with Gasteiger partial charge in [0.1, 0.15) is 6.61 Å². The summed E-state index contributed by atoms with van der Waals surface area (Å²) in [6, 6.07) is 10.7. The van der Waals surface area contributed by atoms with Crippen LogP contribution >= 0.6 is 0 Å². The number of hydrogen-bond acceptors (Lipinski definition) is 4. The van der Waals surface area contributed by atoms with E-state index in [1.165, 1.54) is 27.4 Å². The Labute approximate surface area is 177 Å². The summed E-state index contributed by atoms with van der Waals surface area (Å²) in [5, 5.41) is 0. The molecule has 1 amide bonds. The average molecular weight is 435 g/mol. The van der Waals surface area contributed by atoms with Crippen molar-refractivity contribution in [3.63, 3.8) is 0 Å². The number of nitrogens with zero attached hydrogens (tertiary/aromatic N) is 2. The first-order valence-corrected chi connectivity index (χ1v) is 11.5. The summed E-state index contributed by atoms with van der Waals surface area (Å²) in [6.07, 6.45) is 2.73. The van der Waals surface area contributed by atoms with Crippen LogP contribution in [-0.4, -0.2) is 56.8 Å². The van der Waals surface area contributed by atoms with Crippen LogP contribution in [0.3, 0.4) is 0 Å². The highest BCUT2D eigenvalue weighted by atomic mass is 32.2. The van der Waals surface area contributed by atoms with Crippen molar-refractivity contribution < 1.29 is 22.3 Å². The van der Waals surface area contributed by atoms with Crippen LogP contribution in [0, 0.1) is 12.7 Å². The largest absolute Gasteiger partial charge is 0.489 e. The zero-order valence-electron chi connectivity index (χ0n) is 17.3. The molecule has 0 spiro atoms. The minimum Gasteiger partial charge on any atom is -0.489 e. The fourth-order valence-electron chi connectivity index (χ4n) is 3.41. The number of para-hydroxylation sites is 1. The van der Waals surface area contributed by atoms with Gasteiger partial charge in [-0.05, 0) is 49.6 Å². The van der Waals surface area contributed by atoms with Gasteiger partial charge in [-0.2, -0.15) is 4.31 Å². The Morgan fingerprint density at radius 3 is 2.53 bits per heavy atom. The highest BCUT2D eigenvalue weighted by Crippen LogP contribution is 2.23. The molecule has 0 radical (unpaired) electrons. The van der Waals surface area contributed by atoms with Crippen LogP contribution in [-0.2, 0) is 10.0 Å². The quantitative estimate of drug-likeness (QED) is 0.669. The van der Waals surface area contributed by atoms with Gasteiger partial charge in [-0.25, -0.2) is 12.8 Å². The zero-order valence-corrected chi connectivity index (χ0v) is 18.1. The second-order valence-electron chi connectivity index (χ2n) is 7.45. The first kappa shape index (κ1) is 22.2. The monoisotopic (exact) mass is 434 g/mol. The van der Waals surface area contributed by atoms with Crippen molar-refractivity contribution in [1.29, 1.82) is 0 Å². The summed E-state index contributed by atoms with van der Waals surface area (Å²) in [4.78, 5) is 14.5. The Morgan fingerprint density at radius 1 is 1.13 bits per heavy atom. The van der Waals surface area contributed by atoms with E-state index in [1.807, 2.05) is 0 Å². The summed E-state index contributed by atoms with van der Waals surface area (Å²) >= 11 is 0. The van der Waals surface area contributed by atoms with E-state index in [0.717, 1.165) is 19.3 Å². The predicted octanol–water partition coefficient (Wildman–Crippen LogP) is 3.46. The van der Waals surface area contributed by atoms with Gasteiger partial charge in [0.05, 0.1) is 11.4 Å². The maximum Gasteiger partial charge on any atom is 0.254 e.